The molecule has 0 radical (unpaired) electrons. The zero-order valence-corrected chi connectivity index (χ0v) is 6.12. The molecule has 0 atom stereocenters. The van der Waals surface area contributed by atoms with Gasteiger partial charge in [0.15, 0.2) is 0 Å². The molecule has 48 valence electrons. The standard InChI is InChI=1S/C5H3NO2.BrH/c7-4-2-1-3-6-5(4)8;/h1-3H;1H. The monoisotopic (exact) mass is 189 g/mol. The summed E-state index contributed by atoms with van der Waals surface area (Å²) < 4.78 is 0. The summed E-state index contributed by atoms with van der Waals surface area (Å²) in [5, 5.41) is 0. The molecule has 0 aliphatic carbocycles. The van der Waals surface area contributed by atoms with Gasteiger partial charge in [-0.1, -0.05) is 0 Å². The van der Waals surface area contributed by atoms with Crippen molar-refractivity contribution in [1.29, 1.82) is 0 Å². The topological polar surface area (TPSA) is 46.5 Å². The number of aliphatic imine (C=N–C) groups is 1. The van der Waals surface area contributed by atoms with Crippen molar-refractivity contribution in [2.45, 2.75) is 0 Å². The lowest BCUT2D eigenvalue weighted by Gasteiger charge is -1.87. The van der Waals surface area contributed by atoms with Gasteiger partial charge in [-0.25, -0.2) is 4.99 Å². The normalized spacial score (nSPS) is 15.6. The Bertz CT molecular complexity index is 173. The van der Waals surface area contributed by atoms with Gasteiger partial charge < -0.3 is 0 Å². The van der Waals surface area contributed by atoms with Crippen molar-refractivity contribution in [2.24, 2.45) is 4.99 Å². The van der Waals surface area contributed by atoms with Crippen LogP contribution in [0.25, 0.3) is 0 Å². The lowest BCUT2D eigenvalue weighted by molar-refractivity contribution is -0.133. The predicted molar refractivity (Wildman–Crippen MR) is 38.0 cm³/mol. The van der Waals surface area contributed by atoms with Gasteiger partial charge in [-0.15, -0.1) is 17.0 Å². The first-order valence-electron chi connectivity index (χ1n) is 2.10. The Balaban J connectivity index is 0.000000640. The number of halogens is 1. The molecule has 1 aliphatic rings. The van der Waals surface area contributed by atoms with Crippen molar-refractivity contribution in [3.63, 3.8) is 0 Å². The van der Waals surface area contributed by atoms with E-state index in [1.165, 1.54) is 18.4 Å². The van der Waals surface area contributed by atoms with Crippen LogP contribution < -0.4 is 0 Å². The highest BCUT2D eigenvalue weighted by Crippen LogP contribution is 1.86. The Kier molecular flexibility index (Phi) is 3.01. The summed E-state index contributed by atoms with van der Waals surface area (Å²) in [7, 11) is 0. The average Bonchev–Trinajstić information content (AvgIpc) is 1.77. The fourth-order valence-electron chi connectivity index (χ4n) is 0.376. The molecular formula is C5H4BrNO2. The molecular weight excluding hydrogens is 186 g/mol. The van der Waals surface area contributed by atoms with E-state index in [2.05, 4.69) is 4.99 Å². The van der Waals surface area contributed by atoms with E-state index in [-0.39, 0.29) is 17.0 Å². The van der Waals surface area contributed by atoms with E-state index in [9.17, 15) is 9.59 Å². The molecule has 0 aromatic carbocycles. The van der Waals surface area contributed by atoms with E-state index in [0.717, 1.165) is 0 Å². The van der Waals surface area contributed by atoms with E-state index < -0.39 is 11.7 Å². The van der Waals surface area contributed by atoms with Crippen LogP contribution in [0.15, 0.2) is 17.1 Å². The first-order chi connectivity index (χ1) is 3.80. The highest BCUT2D eigenvalue weighted by Gasteiger charge is 2.08. The van der Waals surface area contributed by atoms with Crippen LogP contribution in [0, 0.1) is 0 Å². The number of carbonyl (C=O) groups is 2. The predicted octanol–water partition coefficient (Wildman–Crippen LogP) is 0.301. The molecule has 4 heteroatoms. The second-order valence-electron chi connectivity index (χ2n) is 1.31. The fourth-order valence-corrected chi connectivity index (χ4v) is 0.376. The highest BCUT2D eigenvalue weighted by molar-refractivity contribution is 8.93. The zero-order chi connectivity index (χ0) is 5.98. The molecule has 9 heavy (non-hydrogen) atoms. The lowest BCUT2D eigenvalue weighted by atomic mass is 10.3. The third-order valence-corrected chi connectivity index (χ3v) is 0.736. The summed E-state index contributed by atoms with van der Waals surface area (Å²) in [6, 6.07) is 0. The molecule has 0 spiro atoms. The maximum Gasteiger partial charge on any atom is 0.317 e. The summed E-state index contributed by atoms with van der Waals surface area (Å²) in [6.07, 6.45) is 3.92. The van der Waals surface area contributed by atoms with Crippen molar-refractivity contribution in [1.82, 2.24) is 0 Å². The third-order valence-electron chi connectivity index (χ3n) is 0.736. The molecule has 0 N–H and O–H groups in total. The molecule has 1 rings (SSSR count). The summed E-state index contributed by atoms with van der Waals surface area (Å²) in [5.41, 5.74) is 0. The van der Waals surface area contributed by atoms with E-state index in [4.69, 9.17) is 0 Å². The minimum atomic E-state index is -0.687. The van der Waals surface area contributed by atoms with Crippen LogP contribution >= 0.6 is 17.0 Å². The second-order valence-corrected chi connectivity index (χ2v) is 1.31. The number of nitrogens with zero attached hydrogens (tertiary/aromatic N) is 1. The fraction of sp³-hybridized carbons (Fsp3) is 0. The molecule has 0 bridgehead atoms. The number of rotatable bonds is 0. The molecule has 0 aromatic heterocycles. The van der Waals surface area contributed by atoms with Gasteiger partial charge in [0.1, 0.15) is 0 Å². The van der Waals surface area contributed by atoms with Crippen molar-refractivity contribution >= 4 is 34.9 Å². The molecule has 1 heterocycles. The van der Waals surface area contributed by atoms with Crippen molar-refractivity contribution in [3.8, 4) is 0 Å². The lowest BCUT2D eigenvalue weighted by Crippen LogP contribution is -2.10. The molecule has 0 unspecified atom stereocenters. The number of dihydropyridines is 1. The maximum absolute atomic E-state index is 10.2. The van der Waals surface area contributed by atoms with Gasteiger partial charge in [-0.3, -0.25) is 9.59 Å². The Morgan fingerprint density at radius 1 is 1.33 bits per heavy atom. The van der Waals surface area contributed by atoms with Gasteiger partial charge in [-0.2, -0.15) is 0 Å². The van der Waals surface area contributed by atoms with Gasteiger partial charge in [0.05, 0.1) is 0 Å². The highest BCUT2D eigenvalue weighted by atomic mass is 79.9. The molecule has 1 aliphatic heterocycles. The third kappa shape index (κ3) is 1.89. The number of amides is 1. The molecule has 0 aromatic rings. The number of allylic oxidation sites excluding steroid dienone is 1. The van der Waals surface area contributed by atoms with Gasteiger partial charge >= 0.3 is 5.91 Å². The molecule has 1 amide bonds. The maximum atomic E-state index is 10.2. The first-order valence-corrected chi connectivity index (χ1v) is 2.10. The summed E-state index contributed by atoms with van der Waals surface area (Å²) in [6.45, 7) is 0. The number of ketones is 1. The van der Waals surface area contributed by atoms with Crippen LogP contribution in [0.4, 0.5) is 0 Å². The summed E-state index contributed by atoms with van der Waals surface area (Å²) >= 11 is 0. The Labute approximate surface area is 62.2 Å². The van der Waals surface area contributed by atoms with E-state index in [0.29, 0.717) is 0 Å². The minimum Gasteiger partial charge on any atom is -0.284 e. The summed E-state index contributed by atoms with van der Waals surface area (Å²) in [5.74, 6) is -1.24. The number of hydrogen-bond donors (Lipinski definition) is 0. The number of hydrogen-bond acceptors (Lipinski definition) is 2. The first kappa shape index (κ1) is 8.23. The Hall–Kier alpha value is -0.770. The molecule has 3 nitrogen and oxygen atoms in total. The van der Waals surface area contributed by atoms with Crippen LogP contribution in [0.5, 0.6) is 0 Å². The van der Waals surface area contributed by atoms with E-state index >= 15 is 0 Å². The average molecular weight is 190 g/mol. The van der Waals surface area contributed by atoms with Gasteiger partial charge in [0, 0.05) is 6.21 Å². The van der Waals surface area contributed by atoms with E-state index in [1.807, 2.05) is 0 Å². The SMILES string of the molecule is Br.O=C1C=CC=NC1=O. The largest absolute Gasteiger partial charge is 0.317 e. The summed E-state index contributed by atoms with van der Waals surface area (Å²) in [4.78, 5) is 23.6. The quantitative estimate of drug-likeness (QED) is 0.515. The van der Waals surface area contributed by atoms with Crippen LogP contribution in [-0.2, 0) is 9.59 Å². The van der Waals surface area contributed by atoms with Crippen molar-refractivity contribution < 1.29 is 9.59 Å². The molecule has 0 saturated heterocycles. The van der Waals surface area contributed by atoms with Crippen LogP contribution in [0.2, 0.25) is 0 Å². The zero-order valence-electron chi connectivity index (χ0n) is 4.40. The Morgan fingerprint density at radius 3 is 2.33 bits per heavy atom. The van der Waals surface area contributed by atoms with E-state index in [1.54, 1.807) is 0 Å². The molecule has 0 saturated carbocycles. The van der Waals surface area contributed by atoms with Crippen molar-refractivity contribution in [3.05, 3.63) is 12.2 Å². The Morgan fingerprint density at radius 2 is 2.00 bits per heavy atom. The van der Waals surface area contributed by atoms with Crippen molar-refractivity contribution in [2.75, 3.05) is 0 Å². The number of carbonyl (C=O) groups excluding carboxylic acids is 2. The van der Waals surface area contributed by atoms with Gasteiger partial charge in [0.25, 0.3) is 0 Å². The smallest absolute Gasteiger partial charge is 0.284 e. The van der Waals surface area contributed by atoms with Crippen LogP contribution in [0.1, 0.15) is 0 Å². The van der Waals surface area contributed by atoms with Gasteiger partial charge in [0.2, 0.25) is 5.78 Å². The second kappa shape index (κ2) is 3.29. The molecule has 0 fully saturated rings. The minimum absolute atomic E-state index is 0. The van der Waals surface area contributed by atoms with Gasteiger partial charge in [-0.05, 0) is 12.2 Å². The van der Waals surface area contributed by atoms with Crippen LogP contribution in [-0.4, -0.2) is 17.9 Å². The van der Waals surface area contributed by atoms with Crippen LogP contribution in [0.3, 0.4) is 0 Å².